The fourth-order valence-electron chi connectivity index (χ4n) is 2.96. The molecule has 0 spiro atoms. The number of phenolic OH excluding ortho intramolecular Hbond substituents is 1. The predicted molar refractivity (Wildman–Crippen MR) is 98.0 cm³/mol. The number of hydrogen-bond acceptors (Lipinski definition) is 3. The molecule has 6 heteroatoms. The Labute approximate surface area is 150 Å². The quantitative estimate of drug-likeness (QED) is 0.525. The zero-order valence-electron chi connectivity index (χ0n) is 14.1. The summed E-state index contributed by atoms with van der Waals surface area (Å²) in [5, 5.41) is 22.7. The van der Waals surface area contributed by atoms with Crippen molar-refractivity contribution in [2.75, 3.05) is 0 Å². The van der Waals surface area contributed by atoms with Crippen molar-refractivity contribution in [1.29, 1.82) is 0 Å². The molecule has 0 aliphatic rings. The number of aryl methyl sites for hydroxylation is 1. The molecule has 0 saturated heterocycles. The number of H-pyrrole nitrogens is 1. The first-order valence-corrected chi connectivity index (χ1v) is 8.38. The van der Waals surface area contributed by atoms with Gasteiger partial charge in [0.1, 0.15) is 11.8 Å². The number of carbonyl (C=O) groups is 2. The van der Waals surface area contributed by atoms with Gasteiger partial charge < -0.3 is 20.5 Å². The summed E-state index contributed by atoms with van der Waals surface area (Å²) in [6, 6.07) is 13.4. The van der Waals surface area contributed by atoms with Crippen LogP contribution in [0.5, 0.6) is 5.75 Å². The molecule has 26 heavy (non-hydrogen) atoms. The standard InChI is InChI=1S/C20H20N2O4/c23-18-8-4-1-5-13(18)9-10-19(24)22-17(20(25)26)11-14-12-21-16-7-3-2-6-15(14)16/h1-8,12,17,21,23H,9-11H2,(H,22,24)(H,25,26). The van der Waals surface area contributed by atoms with Gasteiger partial charge in [0.05, 0.1) is 0 Å². The number of carboxylic acids is 1. The molecular weight excluding hydrogens is 332 g/mol. The third-order valence-electron chi connectivity index (χ3n) is 4.35. The third kappa shape index (κ3) is 4.03. The van der Waals surface area contributed by atoms with Gasteiger partial charge in [0.2, 0.25) is 5.91 Å². The molecule has 134 valence electrons. The van der Waals surface area contributed by atoms with Crippen LogP contribution < -0.4 is 5.32 Å². The van der Waals surface area contributed by atoms with Crippen LogP contribution in [0, 0.1) is 0 Å². The molecule has 1 atom stereocenters. The number of rotatable bonds is 7. The Hall–Kier alpha value is -3.28. The van der Waals surface area contributed by atoms with E-state index in [2.05, 4.69) is 10.3 Å². The minimum absolute atomic E-state index is 0.106. The Morgan fingerprint density at radius 2 is 1.77 bits per heavy atom. The average molecular weight is 352 g/mol. The van der Waals surface area contributed by atoms with Crippen molar-refractivity contribution < 1.29 is 19.8 Å². The van der Waals surface area contributed by atoms with E-state index in [4.69, 9.17) is 0 Å². The summed E-state index contributed by atoms with van der Waals surface area (Å²) >= 11 is 0. The van der Waals surface area contributed by atoms with Crippen LogP contribution in [-0.2, 0) is 22.4 Å². The van der Waals surface area contributed by atoms with Crippen LogP contribution in [0.15, 0.2) is 54.7 Å². The second-order valence-corrected chi connectivity index (χ2v) is 6.15. The zero-order chi connectivity index (χ0) is 18.5. The Balaban J connectivity index is 1.64. The average Bonchev–Trinajstić information content (AvgIpc) is 3.03. The fourth-order valence-corrected chi connectivity index (χ4v) is 2.96. The first-order chi connectivity index (χ1) is 12.5. The minimum Gasteiger partial charge on any atom is -0.508 e. The Morgan fingerprint density at radius 1 is 1.04 bits per heavy atom. The van der Waals surface area contributed by atoms with Crippen LogP contribution in [-0.4, -0.2) is 33.1 Å². The van der Waals surface area contributed by atoms with Gasteiger partial charge in [0.15, 0.2) is 0 Å². The lowest BCUT2D eigenvalue weighted by Gasteiger charge is -2.14. The second-order valence-electron chi connectivity index (χ2n) is 6.15. The Morgan fingerprint density at radius 3 is 2.54 bits per heavy atom. The Bertz CT molecular complexity index is 932. The Kier molecular flexibility index (Phi) is 5.22. The molecule has 4 N–H and O–H groups in total. The number of nitrogens with one attached hydrogen (secondary N) is 2. The number of benzene rings is 2. The van der Waals surface area contributed by atoms with Gasteiger partial charge >= 0.3 is 5.97 Å². The summed E-state index contributed by atoms with van der Waals surface area (Å²) < 4.78 is 0. The van der Waals surface area contributed by atoms with Crippen molar-refractivity contribution in [3.63, 3.8) is 0 Å². The molecule has 1 aromatic heterocycles. The van der Waals surface area contributed by atoms with Crippen molar-refractivity contribution in [2.45, 2.75) is 25.3 Å². The lowest BCUT2D eigenvalue weighted by atomic mass is 10.0. The number of amides is 1. The van der Waals surface area contributed by atoms with Crippen molar-refractivity contribution in [2.24, 2.45) is 0 Å². The summed E-state index contributed by atoms with van der Waals surface area (Å²) in [5.74, 6) is -1.31. The zero-order valence-corrected chi connectivity index (χ0v) is 14.1. The highest BCUT2D eigenvalue weighted by molar-refractivity contribution is 5.86. The number of carbonyl (C=O) groups excluding carboxylic acids is 1. The van der Waals surface area contributed by atoms with Crippen molar-refractivity contribution >= 4 is 22.8 Å². The van der Waals surface area contributed by atoms with Gasteiger partial charge in [0.25, 0.3) is 0 Å². The van der Waals surface area contributed by atoms with Crippen LogP contribution in [0.4, 0.5) is 0 Å². The van der Waals surface area contributed by atoms with E-state index in [9.17, 15) is 19.8 Å². The number of carboxylic acid groups (broad SMARTS) is 1. The van der Waals surface area contributed by atoms with Gasteiger partial charge in [-0.15, -0.1) is 0 Å². The number of para-hydroxylation sites is 2. The molecule has 0 aliphatic carbocycles. The van der Waals surface area contributed by atoms with Gasteiger partial charge in [0, 0.05) is 29.9 Å². The van der Waals surface area contributed by atoms with Crippen LogP contribution >= 0.6 is 0 Å². The van der Waals surface area contributed by atoms with E-state index >= 15 is 0 Å². The monoisotopic (exact) mass is 352 g/mol. The summed E-state index contributed by atoms with van der Waals surface area (Å²) in [6.45, 7) is 0. The highest BCUT2D eigenvalue weighted by atomic mass is 16.4. The highest BCUT2D eigenvalue weighted by Gasteiger charge is 2.21. The van der Waals surface area contributed by atoms with E-state index < -0.39 is 12.0 Å². The lowest BCUT2D eigenvalue weighted by Crippen LogP contribution is -2.42. The summed E-state index contributed by atoms with van der Waals surface area (Å²) in [5.41, 5.74) is 2.43. The molecule has 0 radical (unpaired) electrons. The third-order valence-corrected chi connectivity index (χ3v) is 4.35. The maximum atomic E-state index is 12.2. The molecule has 0 saturated carbocycles. The number of aliphatic carboxylic acids is 1. The van der Waals surface area contributed by atoms with Gasteiger partial charge in [-0.25, -0.2) is 4.79 Å². The van der Waals surface area contributed by atoms with Crippen LogP contribution in [0.1, 0.15) is 17.5 Å². The van der Waals surface area contributed by atoms with Crippen molar-refractivity contribution in [1.82, 2.24) is 10.3 Å². The number of hydrogen-bond donors (Lipinski definition) is 4. The molecule has 0 fully saturated rings. The van der Waals surface area contributed by atoms with E-state index in [1.807, 2.05) is 24.3 Å². The van der Waals surface area contributed by atoms with Gasteiger partial charge in [-0.2, -0.15) is 0 Å². The first kappa shape index (κ1) is 17.5. The SMILES string of the molecule is O=C(CCc1ccccc1O)NC(Cc1c[nH]c2ccccc12)C(=O)O. The summed E-state index contributed by atoms with van der Waals surface area (Å²) in [7, 11) is 0. The van der Waals surface area contributed by atoms with E-state index in [0.29, 0.717) is 12.0 Å². The number of aromatic amines is 1. The largest absolute Gasteiger partial charge is 0.508 e. The number of aromatic hydroxyl groups is 1. The van der Waals surface area contributed by atoms with Gasteiger partial charge in [-0.1, -0.05) is 36.4 Å². The molecule has 0 bridgehead atoms. The summed E-state index contributed by atoms with van der Waals surface area (Å²) in [6.07, 6.45) is 2.42. The van der Waals surface area contributed by atoms with Gasteiger partial charge in [-0.3, -0.25) is 4.79 Å². The summed E-state index contributed by atoms with van der Waals surface area (Å²) in [4.78, 5) is 26.8. The van der Waals surface area contributed by atoms with Crippen molar-refractivity contribution in [3.8, 4) is 5.75 Å². The molecule has 3 rings (SSSR count). The van der Waals surface area contributed by atoms with Crippen LogP contribution in [0.2, 0.25) is 0 Å². The minimum atomic E-state index is -1.08. The highest BCUT2D eigenvalue weighted by Crippen LogP contribution is 2.20. The fraction of sp³-hybridized carbons (Fsp3) is 0.200. The first-order valence-electron chi connectivity index (χ1n) is 8.38. The van der Waals surface area contributed by atoms with Gasteiger partial charge in [-0.05, 0) is 29.7 Å². The van der Waals surface area contributed by atoms with Crippen LogP contribution in [0.3, 0.4) is 0 Å². The van der Waals surface area contributed by atoms with Crippen LogP contribution in [0.25, 0.3) is 10.9 Å². The molecule has 2 aromatic carbocycles. The number of aromatic nitrogens is 1. The van der Waals surface area contributed by atoms with E-state index in [1.165, 1.54) is 0 Å². The normalized spacial score (nSPS) is 12.0. The molecule has 1 amide bonds. The van der Waals surface area contributed by atoms with E-state index in [-0.39, 0.29) is 24.5 Å². The second kappa shape index (κ2) is 7.74. The molecule has 6 nitrogen and oxygen atoms in total. The molecule has 3 aromatic rings. The lowest BCUT2D eigenvalue weighted by molar-refractivity contribution is -0.141. The number of phenols is 1. The molecule has 1 heterocycles. The maximum Gasteiger partial charge on any atom is 0.326 e. The topological polar surface area (TPSA) is 102 Å². The molecule has 1 unspecified atom stereocenters. The maximum absolute atomic E-state index is 12.2. The molecule has 0 aliphatic heterocycles. The molecular formula is C20H20N2O4. The van der Waals surface area contributed by atoms with Crippen molar-refractivity contribution in [3.05, 3.63) is 65.9 Å². The number of fused-ring (bicyclic) bond motifs is 1. The predicted octanol–water partition coefficient (Wildman–Crippen LogP) is 2.62. The van der Waals surface area contributed by atoms with E-state index in [1.54, 1.807) is 30.5 Å². The van der Waals surface area contributed by atoms with E-state index in [0.717, 1.165) is 16.5 Å². The smallest absolute Gasteiger partial charge is 0.326 e.